The monoisotopic (exact) mass is 693 g/mol. The maximum absolute atomic E-state index is 14.6. The molecule has 0 aliphatic carbocycles. The van der Waals surface area contributed by atoms with E-state index in [0.29, 0.717) is 42.1 Å². The number of amides is 3. The molecule has 0 fully saturated rings. The molecule has 3 N–H and O–H groups in total. The standard InChI is InChI=1S/C40H47N5O6/c1-4-6-19-43(20-7-5-2)40(51)35-21-27(3)45(42-35)36-18-17-31(41-38(49)33(24-37(47)48)28-13-9-8-10-14-28)23-34(36)39(50)44-25-30-16-12-11-15-29(30)22-32(44)26-46/h8-18,21,23,32-33,46H,4-7,19-20,22,24-26H2,1-3H3,(H,41,49)(H,47,48)/t32-,33?/m0/s1. The van der Waals surface area contributed by atoms with Gasteiger partial charge in [-0.2, -0.15) is 5.10 Å². The molecule has 0 saturated heterocycles. The first-order valence-corrected chi connectivity index (χ1v) is 17.7. The lowest BCUT2D eigenvalue weighted by Crippen LogP contribution is -2.46. The van der Waals surface area contributed by atoms with E-state index in [1.54, 1.807) is 64.2 Å². The Kier molecular flexibility index (Phi) is 12.4. The SMILES string of the molecule is CCCCN(CCCC)C(=O)c1cc(C)n(-c2ccc(NC(=O)C(CC(=O)O)c3ccccc3)cc2C(=O)N2Cc3ccccc3C[C@H]2CO)n1. The molecule has 4 aromatic rings. The molecule has 0 radical (unpaired) electrons. The van der Waals surface area contributed by atoms with Crippen LogP contribution in [0.1, 0.15) is 95.1 Å². The van der Waals surface area contributed by atoms with Crippen molar-refractivity contribution in [2.45, 2.75) is 77.8 Å². The minimum absolute atomic E-state index is 0.172. The topological polar surface area (TPSA) is 145 Å². The normalized spacial score (nSPS) is 14.4. The number of hydrogen-bond donors (Lipinski definition) is 3. The third-order valence-electron chi connectivity index (χ3n) is 9.40. The summed E-state index contributed by atoms with van der Waals surface area (Å²) in [7, 11) is 0. The van der Waals surface area contributed by atoms with Gasteiger partial charge in [0, 0.05) is 31.0 Å². The summed E-state index contributed by atoms with van der Waals surface area (Å²) >= 11 is 0. The number of benzene rings is 3. The summed E-state index contributed by atoms with van der Waals surface area (Å²) in [6.45, 7) is 7.28. The summed E-state index contributed by atoms with van der Waals surface area (Å²) in [5.41, 5.74) is 4.42. The zero-order valence-corrected chi connectivity index (χ0v) is 29.5. The molecule has 1 unspecified atom stereocenters. The number of aromatic nitrogens is 2. The van der Waals surface area contributed by atoms with Gasteiger partial charge >= 0.3 is 5.97 Å². The highest BCUT2D eigenvalue weighted by Crippen LogP contribution is 2.30. The Morgan fingerprint density at radius 1 is 0.922 bits per heavy atom. The maximum atomic E-state index is 14.6. The Hall–Kier alpha value is -5.29. The zero-order chi connectivity index (χ0) is 36.5. The summed E-state index contributed by atoms with van der Waals surface area (Å²) in [5, 5.41) is 27.6. The van der Waals surface area contributed by atoms with E-state index in [9.17, 15) is 29.4 Å². The molecule has 2 atom stereocenters. The Labute approximate surface area is 298 Å². The quantitative estimate of drug-likeness (QED) is 0.139. The Morgan fingerprint density at radius 2 is 1.59 bits per heavy atom. The van der Waals surface area contributed by atoms with Crippen molar-refractivity contribution in [1.29, 1.82) is 0 Å². The number of aliphatic hydroxyl groups is 1. The van der Waals surface area contributed by atoms with Crippen LogP contribution in [0.3, 0.4) is 0 Å². The van der Waals surface area contributed by atoms with Crippen molar-refractivity contribution >= 4 is 29.4 Å². The average Bonchev–Trinajstić information content (AvgIpc) is 3.53. The van der Waals surface area contributed by atoms with E-state index in [4.69, 9.17) is 5.10 Å². The van der Waals surface area contributed by atoms with E-state index >= 15 is 0 Å². The second-order valence-electron chi connectivity index (χ2n) is 13.1. The van der Waals surface area contributed by atoms with Gasteiger partial charge in [0.2, 0.25) is 5.91 Å². The molecule has 3 amide bonds. The van der Waals surface area contributed by atoms with Crippen LogP contribution in [0.2, 0.25) is 0 Å². The molecule has 3 aromatic carbocycles. The minimum atomic E-state index is -1.12. The van der Waals surface area contributed by atoms with Crippen molar-refractivity contribution < 1.29 is 29.4 Å². The maximum Gasteiger partial charge on any atom is 0.304 e. The van der Waals surface area contributed by atoms with E-state index in [-0.39, 0.29) is 36.2 Å². The van der Waals surface area contributed by atoms with Crippen LogP contribution in [0.25, 0.3) is 5.69 Å². The Morgan fingerprint density at radius 3 is 2.24 bits per heavy atom. The molecule has 0 bridgehead atoms. The lowest BCUT2D eigenvalue weighted by molar-refractivity contribution is -0.139. The van der Waals surface area contributed by atoms with Gasteiger partial charge in [0.25, 0.3) is 11.8 Å². The highest BCUT2D eigenvalue weighted by atomic mass is 16.4. The van der Waals surface area contributed by atoms with Gasteiger partial charge in [-0.1, -0.05) is 81.3 Å². The molecule has 2 heterocycles. The van der Waals surface area contributed by atoms with E-state index in [2.05, 4.69) is 19.2 Å². The van der Waals surface area contributed by atoms with Gasteiger partial charge in [-0.05, 0) is 67.1 Å². The number of anilines is 1. The number of nitrogens with one attached hydrogen (secondary N) is 1. The number of carboxylic acids is 1. The van der Waals surface area contributed by atoms with E-state index in [0.717, 1.165) is 36.8 Å². The summed E-state index contributed by atoms with van der Waals surface area (Å²) in [6, 6.07) is 22.6. The summed E-state index contributed by atoms with van der Waals surface area (Å²) in [6.07, 6.45) is 3.73. The van der Waals surface area contributed by atoms with Crippen LogP contribution in [0, 0.1) is 6.92 Å². The molecule has 0 saturated carbocycles. The molecule has 5 rings (SSSR count). The molecule has 51 heavy (non-hydrogen) atoms. The van der Waals surface area contributed by atoms with E-state index in [1.165, 1.54) is 0 Å². The fourth-order valence-corrected chi connectivity index (χ4v) is 6.56. The Bertz CT molecular complexity index is 1850. The third-order valence-corrected chi connectivity index (χ3v) is 9.40. The molecule has 11 heteroatoms. The second kappa shape index (κ2) is 17.1. The van der Waals surface area contributed by atoms with E-state index in [1.807, 2.05) is 36.1 Å². The Balaban J connectivity index is 1.55. The number of carboxylic acid groups (broad SMARTS) is 1. The van der Waals surface area contributed by atoms with Crippen molar-refractivity contribution in [3.63, 3.8) is 0 Å². The van der Waals surface area contributed by atoms with Crippen LogP contribution in [0.5, 0.6) is 0 Å². The first kappa shape index (κ1) is 37.0. The van der Waals surface area contributed by atoms with Gasteiger partial charge in [0.15, 0.2) is 5.69 Å². The number of aliphatic carboxylic acids is 1. The number of hydrogen-bond acceptors (Lipinski definition) is 6. The van der Waals surface area contributed by atoms with Crippen LogP contribution in [-0.2, 0) is 22.6 Å². The number of aryl methyl sites for hydroxylation is 1. The van der Waals surface area contributed by atoms with Gasteiger partial charge in [-0.25, -0.2) is 4.68 Å². The number of aliphatic hydroxyl groups excluding tert-OH is 1. The lowest BCUT2D eigenvalue weighted by atomic mass is 9.93. The largest absolute Gasteiger partial charge is 0.481 e. The first-order valence-electron chi connectivity index (χ1n) is 17.7. The molecule has 1 aromatic heterocycles. The summed E-state index contributed by atoms with van der Waals surface area (Å²) in [4.78, 5) is 57.1. The number of rotatable bonds is 15. The van der Waals surface area contributed by atoms with Gasteiger partial charge in [0.05, 0.1) is 36.2 Å². The van der Waals surface area contributed by atoms with Crippen molar-refractivity contribution in [3.05, 3.63) is 113 Å². The molecular formula is C40H47N5O6. The molecule has 1 aliphatic heterocycles. The van der Waals surface area contributed by atoms with Crippen LogP contribution in [0.4, 0.5) is 5.69 Å². The van der Waals surface area contributed by atoms with Crippen molar-refractivity contribution in [2.75, 3.05) is 25.0 Å². The molecular weight excluding hydrogens is 646 g/mol. The minimum Gasteiger partial charge on any atom is -0.481 e. The molecule has 268 valence electrons. The van der Waals surface area contributed by atoms with Crippen LogP contribution < -0.4 is 5.32 Å². The predicted octanol–water partition coefficient (Wildman–Crippen LogP) is 5.98. The average molecular weight is 694 g/mol. The van der Waals surface area contributed by atoms with Gasteiger partial charge in [0.1, 0.15) is 0 Å². The van der Waals surface area contributed by atoms with Gasteiger partial charge in [-0.3, -0.25) is 19.2 Å². The number of fused-ring (bicyclic) bond motifs is 1. The summed E-state index contributed by atoms with van der Waals surface area (Å²) < 4.78 is 1.58. The van der Waals surface area contributed by atoms with Crippen LogP contribution in [-0.4, -0.2) is 79.2 Å². The number of unbranched alkanes of at least 4 members (excludes halogenated alkanes) is 2. The van der Waals surface area contributed by atoms with Crippen LogP contribution >= 0.6 is 0 Å². The van der Waals surface area contributed by atoms with Gasteiger partial charge in [-0.15, -0.1) is 0 Å². The van der Waals surface area contributed by atoms with Crippen molar-refractivity contribution in [1.82, 2.24) is 19.6 Å². The summed E-state index contributed by atoms with van der Waals surface area (Å²) in [5.74, 6) is -3.17. The van der Waals surface area contributed by atoms with Crippen molar-refractivity contribution in [2.24, 2.45) is 0 Å². The second-order valence-corrected chi connectivity index (χ2v) is 13.1. The lowest BCUT2D eigenvalue weighted by Gasteiger charge is -2.36. The molecule has 1 aliphatic rings. The smallest absolute Gasteiger partial charge is 0.304 e. The fraction of sp³-hybridized carbons (Fsp3) is 0.375. The van der Waals surface area contributed by atoms with Crippen LogP contribution in [0.15, 0.2) is 78.9 Å². The number of nitrogens with zero attached hydrogens (tertiary/aromatic N) is 4. The first-order chi connectivity index (χ1) is 24.6. The molecule has 0 spiro atoms. The fourth-order valence-electron chi connectivity index (χ4n) is 6.56. The zero-order valence-electron chi connectivity index (χ0n) is 29.5. The van der Waals surface area contributed by atoms with Gasteiger partial charge < -0.3 is 25.3 Å². The highest BCUT2D eigenvalue weighted by molar-refractivity contribution is 6.02. The number of carbonyl (C=O) groups excluding carboxylic acids is 3. The van der Waals surface area contributed by atoms with Crippen molar-refractivity contribution in [3.8, 4) is 5.69 Å². The number of carbonyl (C=O) groups is 4. The third kappa shape index (κ3) is 8.72. The predicted molar refractivity (Wildman–Crippen MR) is 195 cm³/mol. The highest BCUT2D eigenvalue weighted by Gasteiger charge is 2.32. The molecule has 11 nitrogen and oxygen atoms in total. The van der Waals surface area contributed by atoms with E-state index < -0.39 is 30.3 Å².